The molecule has 0 radical (unpaired) electrons. The number of allylic oxidation sites excluding steroid dienone is 2. The summed E-state index contributed by atoms with van der Waals surface area (Å²) in [6.07, 6.45) is 2.83. The molecule has 0 spiro atoms. The SMILES string of the molecule is CCc1ccc(Br)cn1.CN=C(C)/C(=C(\C)N)c1ccc(C#N)cc1. The van der Waals surface area contributed by atoms with Gasteiger partial charge in [0.1, 0.15) is 0 Å². The summed E-state index contributed by atoms with van der Waals surface area (Å²) in [5, 5.41) is 8.72. The van der Waals surface area contributed by atoms with E-state index in [0.29, 0.717) is 5.56 Å². The summed E-state index contributed by atoms with van der Waals surface area (Å²) in [5.74, 6) is 0. The van der Waals surface area contributed by atoms with E-state index in [4.69, 9.17) is 11.0 Å². The van der Waals surface area contributed by atoms with Crippen LogP contribution in [0.3, 0.4) is 0 Å². The summed E-state index contributed by atoms with van der Waals surface area (Å²) in [7, 11) is 1.74. The van der Waals surface area contributed by atoms with Crippen LogP contribution >= 0.6 is 15.9 Å². The first-order chi connectivity index (χ1) is 11.9. The van der Waals surface area contributed by atoms with Crippen LogP contribution < -0.4 is 5.73 Å². The summed E-state index contributed by atoms with van der Waals surface area (Å²) >= 11 is 3.31. The molecule has 0 atom stereocenters. The van der Waals surface area contributed by atoms with Crippen LogP contribution in [0.2, 0.25) is 0 Å². The van der Waals surface area contributed by atoms with E-state index in [1.165, 1.54) is 0 Å². The second-order valence-corrected chi connectivity index (χ2v) is 6.29. The van der Waals surface area contributed by atoms with Crippen LogP contribution in [0.4, 0.5) is 0 Å². The second kappa shape index (κ2) is 10.4. The van der Waals surface area contributed by atoms with E-state index in [1.807, 2.05) is 44.3 Å². The van der Waals surface area contributed by atoms with Crippen molar-refractivity contribution in [1.82, 2.24) is 4.98 Å². The monoisotopic (exact) mass is 398 g/mol. The Labute approximate surface area is 158 Å². The molecule has 2 N–H and O–H groups in total. The molecule has 1 aromatic heterocycles. The molecule has 25 heavy (non-hydrogen) atoms. The molecule has 0 saturated carbocycles. The average molecular weight is 399 g/mol. The van der Waals surface area contributed by atoms with Gasteiger partial charge in [0.2, 0.25) is 0 Å². The lowest BCUT2D eigenvalue weighted by molar-refractivity contribution is 1.03. The Morgan fingerprint density at radius 2 is 1.84 bits per heavy atom. The van der Waals surface area contributed by atoms with Gasteiger partial charge < -0.3 is 5.73 Å². The molecule has 0 aliphatic rings. The van der Waals surface area contributed by atoms with Gasteiger partial charge in [0.05, 0.1) is 11.6 Å². The number of nitriles is 1. The largest absolute Gasteiger partial charge is 0.402 e. The molecule has 0 fully saturated rings. The molecule has 4 nitrogen and oxygen atoms in total. The summed E-state index contributed by atoms with van der Waals surface area (Å²) in [6, 6.07) is 13.4. The fraction of sp³-hybridized carbons (Fsp3) is 0.250. The molecule has 0 amide bonds. The lowest BCUT2D eigenvalue weighted by Crippen LogP contribution is -2.05. The third kappa shape index (κ3) is 6.52. The molecular weight excluding hydrogens is 376 g/mol. The highest BCUT2D eigenvalue weighted by atomic mass is 79.9. The van der Waals surface area contributed by atoms with E-state index in [9.17, 15) is 0 Å². The van der Waals surface area contributed by atoms with Crippen LogP contribution in [0.1, 0.15) is 37.6 Å². The van der Waals surface area contributed by atoms with Crippen molar-refractivity contribution >= 4 is 27.2 Å². The van der Waals surface area contributed by atoms with Crippen molar-refractivity contribution in [3.05, 3.63) is 69.6 Å². The number of halogens is 1. The molecule has 1 heterocycles. The van der Waals surface area contributed by atoms with E-state index in [2.05, 4.69) is 38.9 Å². The molecule has 1 aromatic carbocycles. The number of benzene rings is 1. The summed E-state index contributed by atoms with van der Waals surface area (Å²) in [5.41, 5.74) is 11.2. The first-order valence-electron chi connectivity index (χ1n) is 7.94. The van der Waals surface area contributed by atoms with Crippen LogP contribution in [0.5, 0.6) is 0 Å². The van der Waals surface area contributed by atoms with Crippen molar-refractivity contribution < 1.29 is 0 Å². The minimum absolute atomic E-state index is 0.642. The number of nitrogens with two attached hydrogens (primary N) is 1. The van der Waals surface area contributed by atoms with Crippen LogP contribution in [0, 0.1) is 11.3 Å². The first-order valence-corrected chi connectivity index (χ1v) is 8.73. The van der Waals surface area contributed by atoms with E-state index in [-0.39, 0.29) is 0 Å². The van der Waals surface area contributed by atoms with Gasteiger partial charge in [0.25, 0.3) is 0 Å². The number of aliphatic imine (C=N–C) groups is 1. The lowest BCUT2D eigenvalue weighted by Gasteiger charge is -2.09. The molecule has 5 heteroatoms. The van der Waals surface area contributed by atoms with E-state index >= 15 is 0 Å². The maximum atomic E-state index is 8.72. The summed E-state index contributed by atoms with van der Waals surface area (Å²) in [4.78, 5) is 8.29. The van der Waals surface area contributed by atoms with E-state index in [1.54, 1.807) is 19.2 Å². The Balaban J connectivity index is 0.000000293. The van der Waals surface area contributed by atoms with Gasteiger partial charge in [-0.15, -0.1) is 0 Å². The molecule has 0 aliphatic heterocycles. The van der Waals surface area contributed by atoms with E-state index in [0.717, 1.165) is 39.1 Å². The molecule has 0 bridgehead atoms. The van der Waals surface area contributed by atoms with Gasteiger partial charge >= 0.3 is 0 Å². The zero-order valence-electron chi connectivity index (χ0n) is 15.0. The highest BCUT2D eigenvalue weighted by Crippen LogP contribution is 2.19. The zero-order chi connectivity index (χ0) is 18.8. The van der Waals surface area contributed by atoms with E-state index < -0.39 is 0 Å². The van der Waals surface area contributed by atoms with Gasteiger partial charge in [-0.2, -0.15) is 5.26 Å². The Morgan fingerprint density at radius 3 is 2.24 bits per heavy atom. The van der Waals surface area contributed by atoms with Crippen molar-refractivity contribution in [3.63, 3.8) is 0 Å². The normalized spacial score (nSPS) is 11.8. The van der Waals surface area contributed by atoms with Gasteiger partial charge in [-0.05, 0) is 66.0 Å². The highest BCUT2D eigenvalue weighted by molar-refractivity contribution is 9.10. The van der Waals surface area contributed by atoms with Crippen LogP contribution in [0.15, 0.2) is 57.8 Å². The summed E-state index contributed by atoms with van der Waals surface area (Å²) in [6.45, 7) is 5.86. The minimum Gasteiger partial charge on any atom is -0.402 e. The van der Waals surface area contributed by atoms with Crippen LogP contribution in [0.25, 0.3) is 5.57 Å². The minimum atomic E-state index is 0.642. The second-order valence-electron chi connectivity index (χ2n) is 5.38. The molecule has 2 rings (SSSR count). The number of hydrogen-bond donors (Lipinski definition) is 1. The Bertz CT molecular complexity index is 778. The lowest BCUT2D eigenvalue weighted by atomic mass is 9.99. The molecule has 130 valence electrons. The number of aryl methyl sites for hydroxylation is 1. The third-order valence-electron chi connectivity index (χ3n) is 3.55. The molecule has 0 saturated heterocycles. The van der Waals surface area contributed by atoms with Crippen molar-refractivity contribution in [2.75, 3.05) is 7.05 Å². The van der Waals surface area contributed by atoms with Gasteiger partial charge in [-0.3, -0.25) is 9.98 Å². The number of pyridine rings is 1. The average Bonchev–Trinajstić information content (AvgIpc) is 2.63. The third-order valence-corrected chi connectivity index (χ3v) is 4.01. The molecular formula is C20H23BrN4. The van der Waals surface area contributed by atoms with Crippen molar-refractivity contribution in [1.29, 1.82) is 5.26 Å². The van der Waals surface area contributed by atoms with Gasteiger partial charge in [-0.25, -0.2) is 0 Å². The van der Waals surface area contributed by atoms with Crippen LogP contribution in [-0.2, 0) is 6.42 Å². The molecule has 0 aliphatic carbocycles. The number of rotatable bonds is 3. The van der Waals surface area contributed by atoms with Crippen molar-refractivity contribution in [2.45, 2.75) is 27.2 Å². The Hall–Kier alpha value is -2.45. The molecule has 2 aromatic rings. The van der Waals surface area contributed by atoms with Crippen molar-refractivity contribution in [3.8, 4) is 6.07 Å². The smallest absolute Gasteiger partial charge is 0.0991 e. The highest BCUT2D eigenvalue weighted by Gasteiger charge is 2.07. The van der Waals surface area contributed by atoms with Gasteiger partial charge in [0.15, 0.2) is 0 Å². The predicted octanol–water partition coefficient (Wildman–Crippen LogP) is 4.75. The maximum Gasteiger partial charge on any atom is 0.0991 e. The fourth-order valence-electron chi connectivity index (χ4n) is 2.16. The van der Waals surface area contributed by atoms with Crippen LogP contribution in [-0.4, -0.2) is 17.7 Å². The molecule has 0 unspecified atom stereocenters. The predicted molar refractivity (Wildman–Crippen MR) is 108 cm³/mol. The standard InChI is InChI=1S/C13H15N3.C7H8BrN/c1-9(15)13(10(2)16-3)12-6-4-11(8-14)5-7-12;1-2-7-4-3-6(8)5-9-7/h4-7H,15H2,1-3H3;3-5H,2H2,1H3/b13-9-,16-10?;. The van der Waals surface area contributed by atoms with Crippen molar-refractivity contribution in [2.24, 2.45) is 10.7 Å². The zero-order valence-corrected chi connectivity index (χ0v) is 16.6. The Kier molecular flexibility index (Phi) is 8.59. The number of nitrogens with zero attached hydrogens (tertiary/aromatic N) is 3. The van der Waals surface area contributed by atoms with Gasteiger partial charge in [-0.1, -0.05) is 19.1 Å². The first kappa shape index (κ1) is 20.6. The quantitative estimate of drug-likeness (QED) is 0.758. The number of aromatic nitrogens is 1. The topological polar surface area (TPSA) is 75.1 Å². The fourth-order valence-corrected chi connectivity index (χ4v) is 2.40. The summed E-state index contributed by atoms with van der Waals surface area (Å²) < 4.78 is 1.04. The number of hydrogen-bond acceptors (Lipinski definition) is 4. The Morgan fingerprint density at radius 1 is 1.20 bits per heavy atom. The van der Waals surface area contributed by atoms with Gasteiger partial charge in [0, 0.05) is 40.4 Å². The maximum absolute atomic E-state index is 8.72.